The predicted molar refractivity (Wildman–Crippen MR) is 140 cm³/mol. The number of anilines is 1. The maximum atomic E-state index is 13.1. The van der Waals surface area contributed by atoms with E-state index in [0.717, 1.165) is 0 Å². The van der Waals surface area contributed by atoms with E-state index in [4.69, 9.17) is 16.2 Å². The number of nitrogens with zero attached hydrogens (tertiary/aromatic N) is 3. The molecule has 0 radical (unpaired) electrons. The number of ether oxygens (including phenoxy) is 1. The van der Waals surface area contributed by atoms with Gasteiger partial charge in [0.25, 0.3) is 5.69 Å². The quantitative estimate of drug-likeness (QED) is 0.113. The molecule has 6 N–H and O–H groups in total. The van der Waals surface area contributed by atoms with Gasteiger partial charge in [-0.05, 0) is 58.6 Å². The molecule has 0 unspecified atom stereocenters. The summed E-state index contributed by atoms with van der Waals surface area (Å²) in [4.78, 5) is 54.1. The van der Waals surface area contributed by atoms with E-state index in [0.29, 0.717) is 31.5 Å². The summed E-state index contributed by atoms with van der Waals surface area (Å²) in [5.74, 6) is -1.07. The van der Waals surface area contributed by atoms with Crippen molar-refractivity contribution in [3.63, 3.8) is 0 Å². The Morgan fingerprint density at radius 3 is 2.44 bits per heavy atom. The minimum absolute atomic E-state index is 0. The molecule has 13 nitrogen and oxygen atoms in total. The fourth-order valence-electron chi connectivity index (χ4n) is 3.51. The number of nitro groups is 1. The number of carbonyl (C=O) groups is 3. The van der Waals surface area contributed by atoms with Gasteiger partial charge in [0, 0.05) is 30.9 Å². The van der Waals surface area contributed by atoms with Crippen LogP contribution < -0.4 is 22.1 Å². The van der Waals surface area contributed by atoms with Crippen LogP contribution in [0.2, 0.25) is 0 Å². The van der Waals surface area contributed by atoms with E-state index in [1.165, 1.54) is 29.2 Å². The zero-order chi connectivity index (χ0) is 26.2. The van der Waals surface area contributed by atoms with Gasteiger partial charge in [0.1, 0.15) is 17.7 Å². The lowest BCUT2D eigenvalue weighted by atomic mass is 10.1. The third kappa shape index (κ3) is 9.68. The van der Waals surface area contributed by atoms with Gasteiger partial charge in [0.15, 0.2) is 5.96 Å². The van der Waals surface area contributed by atoms with Gasteiger partial charge < -0.3 is 26.8 Å². The average Bonchev–Trinajstić information content (AvgIpc) is 3.25. The van der Waals surface area contributed by atoms with E-state index >= 15 is 0 Å². The van der Waals surface area contributed by atoms with Gasteiger partial charge in [-0.2, -0.15) is 0 Å². The average molecular weight is 572 g/mol. The number of carbonyl (C=O) groups excluding carboxylic acids is 3. The zero-order valence-corrected chi connectivity index (χ0v) is 22.3. The normalized spacial score (nSPS) is 15.8. The predicted octanol–water partition coefficient (Wildman–Crippen LogP) is 2.05. The summed E-state index contributed by atoms with van der Waals surface area (Å²) in [6.07, 6.45) is 1.10. The van der Waals surface area contributed by atoms with Gasteiger partial charge in [-0.1, -0.05) is 0 Å². The Bertz CT molecular complexity index is 961. The number of hydrogen-bond donors (Lipinski definition) is 4. The summed E-state index contributed by atoms with van der Waals surface area (Å²) in [5, 5.41) is 16.2. The number of halogens is 1. The number of non-ortho nitro benzene ring substituents is 1. The molecule has 0 aromatic heterocycles. The highest BCUT2D eigenvalue weighted by molar-refractivity contribution is 8.93. The molecule has 1 aromatic carbocycles. The summed E-state index contributed by atoms with van der Waals surface area (Å²) in [6.45, 7) is 5.85. The number of rotatable bonds is 9. The Balaban J connectivity index is 0.00000648. The molecular formula is C22H34BrN7O6. The molecule has 0 saturated carbocycles. The Morgan fingerprint density at radius 2 is 1.89 bits per heavy atom. The second-order valence-electron chi connectivity index (χ2n) is 9.13. The standard InChI is InChI=1S/C22H33N7O6.BrH/c1-22(2,3)35-21(32)28-13-5-7-17(28)19(31)27-16(6-4-12-25-20(23)24)18(30)26-14-8-10-15(11-9-14)29(33)34;/h8-11,16-17H,4-7,12-13H2,1-3H3,(H,26,30)(H,27,31)(H4,23,24,25);1H/t16-,17-;/m0./s1. The summed E-state index contributed by atoms with van der Waals surface area (Å²) in [6, 6.07) is 3.61. The van der Waals surface area contributed by atoms with Crippen LogP contribution in [0.3, 0.4) is 0 Å². The number of guanidine groups is 1. The maximum absolute atomic E-state index is 13.1. The van der Waals surface area contributed by atoms with Crippen LogP contribution in [0, 0.1) is 10.1 Å². The molecule has 1 aliphatic heterocycles. The molecule has 1 aliphatic rings. The highest BCUT2D eigenvalue weighted by Gasteiger charge is 2.38. The molecule has 1 aromatic rings. The molecule has 2 rings (SSSR count). The van der Waals surface area contributed by atoms with E-state index in [-0.39, 0.29) is 41.6 Å². The van der Waals surface area contributed by atoms with E-state index in [2.05, 4.69) is 15.6 Å². The van der Waals surface area contributed by atoms with Gasteiger partial charge in [0.05, 0.1) is 4.92 Å². The van der Waals surface area contributed by atoms with Crippen molar-refractivity contribution in [2.45, 2.75) is 64.1 Å². The van der Waals surface area contributed by atoms with Crippen molar-refractivity contribution in [1.82, 2.24) is 10.2 Å². The van der Waals surface area contributed by atoms with Crippen molar-refractivity contribution >= 4 is 52.2 Å². The number of aliphatic imine (C=N–C) groups is 1. The molecule has 14 heteroatoms. The highest BCUT2D eigenvalue weighted by atomic mass is 79.9. The summed E-state index contributed by atoms with van der Waals surface area (Å²) in [7, 11) is 0. The highest BCUT2D eigenvalue weighted by Crippen LogP contribution is 2.22. The lowest BCUT2D eigenvalue weighted by molar-refractivity contribution is -0.384. The molecule has 1 saturated heterocycles. The third-order valence-electron chi connectivity index (χ3n) is 5.11. The number of amides is 3. The molecule has 1 heterocycles. The Morgan fingerprint density at radius 1 is 1.25 bits per heavy atom. The van der Waals surface area contributed by atoms with Gasteiger partial charge in [-0.25, -0.2) is 4.79 Å². The first-order chi connectivity index (χ1) is 16.4. The topological polar surface area (TPSA) is 195 Å². The lowest BCUT2D eigenvalue weighted by Crippen LogP contribution is -2.52. The number of likely N-dealkylation sites (tertiary alicyclic amines) is 1. The van der Waals surface area contributed by atoms with Crippen LogP contribution >= 0.6 is 17.0 Å². The second kappa shape index (κ2) is 13.6. The van der Waals surface area contributed by atoms with Crippen LogP contribution in [0.5, 0.6) is 0 Å². The van der Waals surface area contributed by atoms with E-state index < -0.39 is 40.5 Å². The molecule has 2 atom stereocenters. The molecule has 36 heavy (non-hydrogen) atoms. The molecule has 3 amide bonds. The fourth-order valence-corrected chi connectivity index (χ4v) is 3.51. The fraction of sp³-hybridized carbons (Fsp3) is 0.545. The molecular weight excluding hydrogens is 538 g/mol. The van der Waals surface area contributed by atoms with Crippen LogP contribution in [-0.2, 0) is 14.3 Å². The van der Waals surface area contributed by atoms with Crippen LogP contribution in [0.4, 0.5) is 16.2 Å². The third-order valence-corrected chi connectivity index (χ3v) is 5.11. The molecule has 0 aliphatic carbocycles. The van der Waals surface area contributed by atoms with Crippen molar-refractivity contribution in [2.24, 2.45) is 16.5 Å². The van der Waals surface area contributed by atoms with Crippen LogP contribution in [0.15, 0.2) is 29.3 Å². The smallest absolute Gasteiger partial charge is 0.410 e. The number of benzene rings is 1. The van der Waals surface area contributed by atoms with Crippen molar-refractivity contribution in [3.8, 4) is 0 Å². The minimum atomic E-state index is -0.951. The lowest BCUT2D eigenvalue weighted by Gasteiger charge is -2.29. The van der Waals surface area contributed by atoms with Crippen molar-refractivity contribution in [2.75, 3.05) is 18.4 Å². The first-order valence-electron chi connectivity index (χ1n) is 11.3. The first kappa shape index (κ1) is 30.6. The van der Waals surface area contributed by atoms with Gasteiger partial charge in [-0.3, -0.25) is 29.6 Å². The Hall–Kier alpha value is -3.42. The SMILES string of the molecule is Br.CC(C)(C)OC(=O)N1CCC[C@H]1C(=O)N[C@@H](CCCN=C(N)N)C(=O)Nc1ccc([N+](=O)[O-])cc1. The first-order valence-corrected chi connectivity index (χ1v) is 11.3. The summed E-state index contributed by atoms with van der Waals surface area (Å²) < 4.78 is 5.40. The number of nitrogens with one attached hydrogen (secondary N) is 2. The summed E-state index contributed by atoms with van der Waals surface area (Å²) in [5.41, 5.74) is 10.2. The van der Waals surface area contributed by atoms with Crippen molar-refractivity contribution in [1.29, 1.82) is 0 Å². The Labute approximate surface area is 219 Å². The monoisotopic (exact) mass is 571 g/mol. The molecule has 1 fully saturated rings. The maximum Gasteiger partial charge on any atom is 0.410 e. The van der Waals surface area contributed by atoms with Gasteiger partial charge in [-0.15, -0.1) is 17.0 Å². The van der Waals surface area contributed by atoms with E-state index in [1.54, 1.807) is 20.8 Å². The number of hydrogen-bond acceptors (Lipinski definition) is 7. The van der Waals surface area contributed by atoms with E-state index in [9.17, 15) is 24.5 Å². The van der Waals surface area contributed by atoms with Gasteiger partial charge >= 0.3 is 6.09 Å². The van der Waals surface area contributed by atoms with Crippen LogP contribution in [-0.4, -0.2) is 64.5 Å². The van der Waals surface area contributed by atoms with Gasteiger partial charge in [0.2, 0.25) is 11.8 Å². The molecule has 200 valence electrons. The van der Waals surface area contributed by atoms with Crippen molar-refractivity contribution < 1.29 is 24.0 Å². The van der Waals surface area contributed by atoms with Crippen LogP contribution in [0.1, 0.15) is 46.5 Å². The largest absolute Gasteiger partial charge is 0.444 e. The minimum Gasteiger partial charge on any atom is -0.444 e. The van der Waals surface area contributed by atoms with E-state index in [1.807, 2.05) is 0 Å². The molecule has 0 spiro atoms. The van der Waals surface area contributed by atoms with Crippen LogP contribution in [0.25, 0.3) is 0 Å². The van der Waals surface area contributed by atoms with Crippen molar-refractivity contribution in [3.05, 3.63) is 34.4 Å². The molecule has 0 bridgehead atoms. The second-order valence-corrected chi connectivity index (χ2v) is 9.13. The number of nitro benzene ring substituents is 1. The number of nitrogens with two attached hydrogens (primary N) is 2. The zero-order valence-electron chi connectivity index (χ0n) is 20.6. The Kier molecular flexibility index (Phi) is 11.6. The summed E-state index contributed by atoms with van der Waals surface area (Å²) >= 11 is 0.